The standard InChI is InChI=1S/C30H31ClN8O/c1-3-23(4-2)38-15-24(16-38)39-17-28(36-37-39)20-8-10-27-25(13-20)30(34-19-33-27)35-21-9-11-29(26(31)14-21)40-18-22-7-5-6-12-32-22/h5-14,17,19,23-24H,3-4,15-16,18H2,1-2H3,(H,33,34,35). The summed E-state index contributed by atoms with van der Waals surface area (Å²) in [6, 6.07) is 18.4. The van der Waals surface area contributed by atoms with Gasteiger partial charge in [0.25, 0.3) is 0 Å². The van der Waals surface area contributed by atoms with E-state index in [-0.39, 0.29) is 0 Å². The van der Waals surface area contributed by atoms with Crippen LogP contribution in [0, 0.1) is 0 Å². The summed E-state index contributed by atoms with van der Waals surface area (Å²) in [5, 5.41) is 13.7. The van der Waals surface area contributed by atoms with E-state index in [1.54, 1.807) is 12.5 Å². The van der Waals surface area contributed by atoms with Crippen molar-refractivity contribution < 1.29 is 4.74 Å². The van der Waals surface area contributed by atoms with E-state index in [0.29, 0.717) is 35.3 Å². The van der Waals surface area contributed by atoms with E-state index < -0.39 is 0 Å². The average molecular weight is 555 g/mol. The molecule has 0 radical (unpaired) electrons. The SMILES string of the molecule is CCC(CC)N1CC(n2cc(-c3ccc4ncnc(Nc5ccc(OCc6ccccn6)c(Cl)c5)c4c3)nn2)C1. The zero-order valence-electron chi connectivity index (χ0n) is 22.5. The summed E-state index contributed by atoms with van der Waals surface area (Å²) in [7, 11) is 0. The molecule has 1 aliphatic rings. The molecular formula is C30H31ClN8O. The zero-order chi connectivity index (χ0) is 27.5. The molecule has 40 heavy (non-hydrogen) atoms. The molecule has 0 spiro atoms. The highest BCUT2D eigenvalue weighted by Gasteiger charge is 2.32. The van der Waals surface area contributed by atoms with Gasteiger partial charge in [0.2, 0.25) is 0 Å². The van der Waals surface area contributed by atoms with Crippen LogP contribution in [0.15, 0.2) is 73.3 Å². The number of rotatable bonds is 10. The van der Waals surface area contributed by atoms with E-state index in [4.69, 9.17) is 16.3 Å². The van der Waals surface area contributed by atoms with Crippen LogP contribution in [0.2, 0.25) is 5.02 Å². The maximum atomic E-state index is 6.53. The number of hydrogen-bond donors (Lipinski definition) is 1. The lowest BCUT2D eigenvalue weighted by atomic mass is 10.0. The lowest BCUT2D eigenvalue weighted by Crippen LogP contribution is -2.52. The van der Waals surface area contributed by atoms with Gasteiger partial charge in [0.05, 0.1) is 28.5 Å². The van der Waals surface area contributed by atoms with Gasteiger partial charge in [-0.3, -0.25) is 9.88 Å². The zero-order valence-corrected chi connectivity index (χ0v) is 23.3. The Bertz CT molecular complexity index is 1600. The summed E-state index contributed by atoms with van der Waals surface area (Å²) >= 11 is 6.53. The molecule has 1 aliphatic heterocycles. The normalized spacial score (nSPS) is 14.0. The van der Waals surface area contributed by atoms with Crippen molar-refractivity contribution in [3.8, 4) is 17.0 Å². The van der Waals surface area contributed by atoms with E-state index in [1.165, 1.54) is 12.8 Å². The first-order valence-corrected chi connectivity index (χ1v) is 14.0. The molecule has 1 N–H and O–H groups in total. The highest BCUT2D eigenvalue weighted by atomic mass is 35.5. The molecule has 1 fully saturated rings. The number of halogens is 1. The average Bonchev–Trinajstić information content (AvgIpc) is 3.44. The van der Waals surface area contributed by atoms with Crippen LogP contribution in [0.4, 0.5) is 11.5 Å². The number of fused-ring (bicyclic) bond motifs is 1. The van der Waals surface area contributed by atoms with E-state index in [9.17, 15) is 0 Å². The van der Waals surface area contributed by atoms with Gasteiger partial charge in [-0.25, -0.2) is 14.6 Å². The largest absolute Gasteiger partial charge is 0.486 e. The van der Waals surface area contributed by atoms with E-state index in [1.807, 2.05) is 59.4 Å². The molecule has 6 rings (SSSR count). The summed E-state index contributed by atoms with van der Waals surface area (Å²) in [6.07, 6.45) is 7.68. The minimum Gasteiger partial charge on any atom is -0.486 e. The highest BCUT2D eigenvalue weighted by molar-refractivity contribution is 6.32. The predicted molar refractivity (Wildman–Crippen MR) is 157 cm³/mol. The van der Waals surface area contributed by atoms with Gasteiger partial charge in [-0.15, -0.1) is 5.10 Å². The fourth-order valence-corrected chi connectivity index (χ4v) is 5.36. The Morgan fingerprint density at radius 1 is 1.02 bits per heavy atom. The Morgan fingerprint density at radius 2 is 1.90 bits per heavy atom. The van der Waals surface area contributed by atoms with Gasteiger partial charge in [-0.1, -0.05) is 42.8 Å². The van der Waals surface area contributed by atoms with Crippen molar-refractivity contribution in [1.82, 2.24) is 34.8 Å². The van der Waals surface area contributed by atoms with Crippen molar-refractivity contribution in [3.63, 3.8) is 0 Å². The lowest BCUT2D eigenvalue weighted by Gasteiger charge is -2.43. The van der Waals surface area contributed by atoms with Crippen LogP contribution in [0.3, 0.4) is 0 Å². The third kappa shape index (κ3) is 5.48. The fourth-order valence-electron chi connectivity index (χ4n) is 5.13. The van der Waals surface area contributed by atoms with E-state index in [2.05, 4.69) is 55.4 Å². The molecule has 204 valence electrons. The number of pyridine rings is 1. The Morgan fingerprint density at radius 3 is 2.67 bits per heavy atom. The molecular weight excluding hydrogens is 524 g/mol. The molecule has 0 bridgehead atoms. The molecule has 3 aromatic heterocycles. The molecule has 0 atom stereocenters. The Hall–Kier alpha value is -4.08. The maximum Gasteiger partial charge on any atom is 0.141 e. The van der Waals surface area contributed by atoms with Gasteiger partial charge in [0.15, 0.2) is 0 Å². The fraction of sp³-hybridized carbons (Fsp3) is 0.300. The first-order valence-electron chi connectivity index (χ1n) is 13.6. The molecule has 0 saturated carbocycles. The molecule has 2 aromatic carbocycles. The lowest BCUT2D eigenvalue weighted by molar-refractivity contribution is 0.0481. The van der Waals surface area contributed by atoms with Crippen molar-refractivity contribution in [1.29, 1.82) is 0 Å². The molecule has 5 aromatic rings. The second-order valence-electron chi connectivity index (χ2n) is 10.00. The van der Waals surface area contributed by atoms with Crippen LogP contribution in [-0.2, 0) is 6.61 Å². The molecule has 1 saturated heterocycles. The first-order chi connectivity index (χ1) is 19.6. The van der Waals surface area contributed by atoms with Crippen molar-refractivity contribution in [2.24, 2.45) is 0 Å². The van der Waals surface area contributed by atoms with Gasteiger partial charge >= 0.3 is 0 Å². The number of nitrogens with zero attached hydrogens (tertiary/aromatic N) is 7. The van der Waals surface area contributed by atoms with Crippen molar-refractivity contribution in [2.75, 3.05) is 18.4 Å². The van der Waals surface area contributed by atoms with E-state index in [0.717, 1.165) is 46.6 Å². The Balaban J connectivity index is 1.18. The number of benzene rings is 2. The Labute approximate surface area is 238 Å². The number of likely N-dealkylation sites (tertiary alicyclic amines) is 1. The summed E-state index contributed by atoms with van der Waals surface area (Å²) in [4.78, 5) is 15.8. The van der Waals surface area contributed by atoms with Gasteiger partial charge in [-0.2, -0.15) is 0 Å². The minimum absolute atomic E-state index is 0.342. The van der Waals surface area contributed by atoms with Crippen LogP contribution < -0.4 is 10.1 Å². The Kier molecular flexibility index (Phi) is 7.57. The van der Waals surface area contributed by atoms with Crippen molar-refractivity contribution in [3.05, 3.63) is 84.0 Å². The van der Waals surface area contributed by atoms with Crippen LogP contribution in [0.25, 0.3) is 22.2 Å². The smallest absolute Gasteiger partial charge is 0.141 e. The van der Waals surface area contributed by atoms with E-state index >= 15 is 0 Å². The number of hydrogen-bond acceptors (Lipinski definition) is 8. The minimum atomic E-state index is 0.342. The van der Waals surface area contributed by atoms with Gasteiger partial charge in [0.1, 0.15) is 30.2 Å². The third-order valence-corrected chi connectivity index (χ3v) is 7.76. The number of nitrogens with one attached hydrogen (secondary N) is 1. The summed E-state index contributed by atoms with van der Waals surface area (Å²) in [5.74, 6) is 1.27. The quantitative estimate of drug-likeness (QED) is 0.215. The molecule has 10 heteroatoms. The third-order valence-electron chi connectivity index (χ3n) is 7.46. The maximum absolute atomic E-state index is 6.53. The van der Waals surface area contributed by atoms with Gasteiger partial charge < -0.3 is 10.1 Å². The summed E-state index contributed by atoms with van der Waals surface area (Å²) in [6.45, 7) is 6.89. The molecule has 0 amide bonds. The highest BCUT2D eigenvalue weighted by Crippen LogP contribution is 2.32. The number of aromatic nitrogens is 6. The predicted octanol–water partition coefficient (Wildman–Crippen LogP) is 6.30. The van der Waals surface area contributed by atoms with Gasteiger partial charge in [-0.05, 0) is 55.3 Å². The molecule has 0 unspecified atom stereocenters. The van der Waals surface area contributed by atoms with Crippen LogP contribution in [0.5, 0.6) is 5.75 Å². The number of anilines is 2. The second-order valence-corrected chi connectivity index (χ2v) is 10.4. The number of ether oxygens (including phenoxy) is 1. The summed E-state index contributed by atoms with van der Waals surface area (Å²) < 4.78 is 7.86. The molecule has 9 nitrogen and oxygen atoms in total. The van der Waals surface area contributed by atoms with Crippen LogP contribution in [0.1, 0.15) is 38.4 Å². The first kappa shape index (κ1) is 26.2. The van der Waals surface area contributed by atoms with Crippen molar-refractivity contribution >= 4 is 34.0 Å². The van der Waals surface area contributed by atoms with Crippen LogP contribution >= 0.6 is 11.6 Å². The summed E-state index contributed by atoms with van der Waals surface area (Å²) in [5.41, 5.74) is 4.24. The monoisotopic (exact) mass is 554 g/mol. The molecule has 0 aliphatic carbocycles. The van der Waals surface area contributed by atoms with Crippen molar-refractivity contribution in [2.45, 2.75) is 45.4 Å². The molecule has 4 heterocycles. The topological polar surface area (TPSA) is 93.9 Å². The van der Waals surface area contributed by atoms with Crippen LogP contribution in [-0.4, -0.2) is 54.0 Å². The second kappa shape index (κ2) is 11.6. The van der Waals surface area contributed by atoms with Gasteiger partial charge in [0, 0.05) is 42.0 Å².